The Balaban J connectivity index is 0. The van der Waals surface area contributed by atoms with Gasteiger partial charge in [0.05, 0.1) is 0 Å². The summed E-state index contributed by atoms with van der Waals surface area (Å²) >= 11 is 8.68. The van der Waals surface area contributed by atoms with E-state index in [1.165, 1.54) is 0 Å². The van der Waals surface area contributed by atoms with Crippen LogP contribution in [0.15, 0.2) is 0 Å². The minimum Gasteiger partial charge on any atom is -0.486 e. The molecule has 0 unspecified atom stereocenters. The zero-order valence-corrected chi connectivity index (χ0v) is 10.4. The van der Waals surface area contributed by atoms with E-state index in [9.17, 15) is 0 Å². The Labute approximate surface area is 104 Å². The van der Waals surface area contributed by atoms with Gasteiger partial charge >= 0.3 is 0 Å². The summed E-state index contributed by atoms with van der Waals surface area (Å²) in [6.07, 6.45) is 0. The number of nitrogens with one attached hydrogen (secondary N) is 5. The van der Waals surface area contributed by atoms with Gasteiger partial charge in [-0.1, -0.05) is 0 Å². The Morgan fingerprint density at radius 2 is 1.75 bits per heavy atom. The van der Waals surface area contributed by atoms with Crippen molar-refractivity contribution in [3.05, 3.63) is 0 Å². The first-order chi connectivity index (χ1) is 7.33. The van der Waals surface area contributed by atoms with Crippen molar-refractivity contribution < 1.29 is 9.84 Å². The highest BCUT2D eigenvalue weighted by Crippen LogP contribution is 1.74. The van der Waals surface area contributed by atoms with Gasteiger partial charge in [-0.15, -0.1) is 0 Å². The van der Waals surface area contributed by atoms with E-state index in [0.29, 0.717) is 0 Å². The summed E-state index contributed by atoms with van der Waals surface area (Å²) in [5, 5.41) is 28.2. The van der Waals surface area contributed by atoms with Gasteiger partial charge in [-0.2, -0.15) is 0 Å². The second kappa shape index (κ2) is 9.86. The van der Waals surface area contributed by atoms with E-state index in [-0.39, 0.29) is 17.2 Å². The maximum atomic E-state index is 8.12. The second-order valence-corrected chi connectivity index (χ2v) is 2.82. The van der Waals surface area contributed by atoms with E-state index in [0.717, 1.165) is 0 Å². The van der Waals surface area contributed by atoms with Crippen molar-refractivity contribution in [3.63, 3.8) is 0 Å². The quantitative estimate of drug-likeness (QED) is 0.168. The second-order valence-electron chi connectivity index (χ2n) is 2.06. The van der Waals surface area contributed by atoms with Crippen molar-refractivity contribution in [1.29, 1.82) is 10.8 Å². The molecule has 0 amide bonds. The molecule has 0 heterocycles. The van der Waals surface area contributed by atoms with Crippen LogP contribution in [-0.4, -0.2) is 41.5 Å². The summed E-state index contributed by atoms with van der Waals surface area (Å²) in [7, 11) is 3.21. The molecular formula is C6H14N6O2S2. The van der Waals surface area contributed by atoms with Crippen molar-refractivity contribution in [2.45, 2.75) is 0 Å². The van der Waals surface area contributed by atoms with Crippen LogP contribution in [0.25, 0.3) is 0 Å². The normalized spacial score (nSPS) is 7.62. The molecule has 0 saturated heterocycles. The standard InChI is InChI=1S/C4H9N3OS.C2H5N3OS/c1-6-3(5)8-4(9)7-2;3-1(4)5-2(6)7/h1-2H3,(H2,5,6)(H,7,9);(H5,3,4,5,6,7). The third-order valence-electron chi connectivity index (χ3n) is 0.868. The van der Waals surface area contributed by atoms with Gasteiger partial charge in [-0.25, -0.2) is 0 Å². The summed E-state index contributed by atoms with van der Waals surface area (Å²) in [5.74, 6) is -0.354. The van der Waals surface area contributed by atoms with Crippen LogP contribution in [0.5, 0.6) is 0 Å². The fraction of sp³-hybridized carbons (Fsp3) is 0.333. The molecule has 0 spiro atoms. The monoisotopic (exact) mass is 266 g/mol. The Bertz CT molecular complexity index is 256. The Morgan fingerprint density at radius 3 is 1.94 bits per heavy atom. The fourth-order valence-electron chi connectivity index (χ4n) is 0.310. The number of thiocarbonyl (C=S) groups is 2. The summed E-state index contributed by atoms with van der Waals surface area (Å²) < 4.78 is 4.64. The predicted octanol–water partition coefficient (Wildman–Crippen LogP) is -1.03. The van der Waals surface area contributed by atoms with E-state index in [1.807, 2.05) is 5.32 Å². The van der Waals surface area contributed by atoms with Crippen molar-refractivity contribution in [3.8, 4) is 0 Å². The third kappa shape index (κ3) is 14.8. The Kier molecular flexibility index (Phi) is 10.3. The number of aliphatic hydroxyl groups excluding tert-OH is 1. The number of guanidine groups is 1. The molecule has 92 valence electrons. The van der Waals surface area contributed by atoms with Crippen LogP contribution in [0.4, 0.5) is 0 Å². The Morgan fingerprint density at radius 1 is 1.25 bits per heavy atom. The van der Waals surface area contributed by atoms with E-state index in [1.54, 1.807) is 14.1 Å². The average molecular weight is 266 g/mol. The van der Waals surface area contributed by atoms with Crippen molar-refractivity contribution in [1.82, 2.24) is 16.0 Å². The van der Waals surface area contributed by atoms with Crippen molar-refractivity contribution >= 4 is 46.8 Å². The van der Waals surface area contributed by atoms with Crippen LogP contribution in [0.1, 0.15) is 0 Å². The molecule has 0 aromatic carbocycles. The number of hydrogen-bond donors (Lipinski definition) is 7. The number of nitrogens with two attached hydrogens (primary N) is 1. The van der Waals surface area contributed by atoms with Crippen molar-refractivity contribution in [2.24, 2.45) is 5.73 Å². The van der Waals surface area contributed by atoms with Crippen LogP contribution in [0.3, 0.4) is 0 Å². The molecule has 0 bridgehead atoms. The van der Waals surface area contributed by atoms with Crippen LogP contribution in [0.2, 0.25) is 0 Å². The van der Waals surface area contributed by atoms with E-state index < -0.39 is 5.17 Å². The summed E-state index contributed by atoms with van der Waals surface area (Å²) in [5.41, 5.74) is 4.72. The van der Waals surface area contributed by atoms with Gasteiger partial charge in [0.2, 0.25) is 0 Å². The molecule has 0 saturated carbocycles. The first kappa shape index (κ1) is 16.7. The molecule has 0 fully saturated rings. The maximum Gasteiger partial charge on any atom is 0.288 e. The predicted molar refractivity (Wildman–Crippen MR) is 69.8 cm³/mol. The van der Waals surface area contributed by atoms with Crippen LogP contribution >= 0.6 is 24.4 Å². The first-order valence-corrected chi connectivity index (χ1v) is 4.65. The summed E-state index contributed by atoms with van der Waals surface area (Å²) in [4.78, 5) is 0. The van der Waals surface area contributed by atoms with E-state index >= 15 is 0 Å². The van der Waals surface area contributed by atoms with Gasteiger partial charge in [-0.05, 0) is 24.4 Å². The molecule has 0 aliphatic heterocycles. The molecule has 0 radical (unpaired) electrons. The van der Waals surface area contributed by atoms with Gasteiger partial charge in [0.1, 0.15) is 0 Å². The van der Waals surface area contributed by atoms with Crippen LogP contribution in [-0.2, 0) is 4.74 Å². The Hall–Kier alpha value is -1.68. The van der Waals surface area contributed by atoms with Crippen molar-refractivity contribution in [2.75, 3.05) is 14.1 Å². The van der Waals surface area contributed by atoms with E-state index in [2.05, 4.69) is 39.8 Å². The topological polar surface area (TPSA) is 139 Å². The molecular weight excluding hydrogens is 252 g/mol. The molecule has 0 aliphatic rings. The van der Waals surface area contributed by atoms with Crippen LogP contribution < -0.4 is 21.7 Å². The lowest BCUT2D eigenvalue weighted by Gasteiger charge is -2.04. The number of hydrogen-bond acceptors (Lipinski definition) is 5. The third-order valence-corrected chi connectivity index (χ3v) is 1.26. The molecule has 10 heteroatoms. The molecule has 0 aromatic rings. The minimum absolute atomic E-state index is 0.0608. The van der Waals surface area contributed by atoms with Crippen LogP contribution in [0, 0.1) is 10.8 Å². The van der Waals surface area contributed by atoms with Gasteiger partial charge in [0, 0.05) is 14.1 Å². The molecule has 8 nitrogen and oxygen atoms in total. The average Bonchev–Trinajstić information content (AvgIpc) is 2.16. The molecule has 8 N–H and O–H groups in total. The smallest absolute Gasteiger partial charge is 0.288 e. The largest absolute Gasteiger partial charge is 0.486 e. The summed E-state index contributed by atoms with van der Waals surface area (Å²) in [6, 6.07) is -0.0608. The van der Waals surface area contributed by atoms with Gasteiger partial charge in [-0.3, -0.25) is 16.1 Å². The molecule has 0 rings (SSSR count). The summed E-state index contributed by atoms with van der Waals surface area (Å²) in [6.45, 7) is 0. The van der Waals surface area contributed by atoms with E-state index in [4.69, 9.17) is 21.7 Å². The molecule has 0 aromatic heterocycles. The molecule has 0 aliphatic carbocycles. The first-order valence-electron chi connectivity index (χ1n) is 3.83. The molecule has 0 atom stereocenters. The zero-order valence-electron chi connectivity index (χ0n) is 8.75. The number of amidine groups is 1. The highest BCUT2D eigenvalue weighted by atomic mass is 32.1. The highest BCUT2D eigenvalue weighted by molar-refractivity contribution is 7.80. The van der Waals surface area contributed by atoms with Gasteiger partial charge in [0.25, 0.3) is 16.4 Å². The highest BCUT2D eigenvalue weighted by Gasteiger charge is 1.94. The lowest BCUT2D eigenvalue weighted by atomic mass is 11.0. The number of aliphatic hydroxyl groups is 1. The lowest BCUT2D eigenvalue weighted by Crippen LogP contribution is -2.34. The number of ether oxygens (including phenoxy) is 1. The zero-order chi connectivity index (χ0) is 13.1. The van der Waals surface area contributed by atoms with Gasteiger partial charge in [0.15, 0.2) is 5.96 Å². The maximum absolute atomic E-state index is 8.12. The molecule has 16 heavy (non-hydrogen) atoms. The minimum atomic E-state index is -0.479. The van der Waals surface area contributed by atoms with Gasteiger partial charge < -0.3 is 26.2 Å². The number of rotatable bonds is 0. The lowest BCUT2D eigenvalue weighted by molar-refractivity contribution is 0.505. The fourth-order valence-corrected chi connectivity index (χ4v) is 0.503. The SMILES string of the molecule is CNC(=N)OC(=S)NC.N=C(N)NC(O)=S.